The quantitative estimate of drug-likeness (QED) is 0.888. The summed E-state index contributed by atoms with van der Waals surface area (Å²) in [5.74, 6) is 0.944. The second-order valence-electron chi connectivity index (χ2n) is 8.48. The van der Waals surface area contributed by atoms with Crippen molar-refractivity contribution >= 4 is 0 Å². The van der Waals surface area contributed by atoms with Gasteiger partial charge in [-0.05, 0) is 47.4 Å². The van der Waals surface area contributed by atoms with E-state index in [0.717, 1.165) is 32.5 Å². The number of piperazine rings is 1. The maximum absolute atomic E-state index is 9.93. The minimum absolute atomic E-state index is 0.119. The molecule has 3 nitrogen and oxygen atoms in total. The van der Waals surface area contributed by atoms with Crippen LogP contribution in [0.1, 0.15) is 31.4 Å². The predicted molar refractivity (Wildman–Crippen MR) is 107 cm³/mol. The summed E-state index contributed by atoms with van der Waals surface area (Å²) in [7, 11) is 0. The molecule has 2 unspecified atom stereocenters. The van der Waals surface area contributed by atoms with Crippen molar-refractivity contribution in [3.8, 4) is 5.75 Å². The van der Waals surface area contributed by atoms with Gasteiger partial charge in [0.25, 0.3) is 0 Å². The van der Waals surface area contributed by atoms with Crippen LogP contribution in [0.2, 0.25) is 0 Å². The van der Waals surface area contributed by atoms with Gasteiger partial charge in [0.1, 0.15) is 5.75 Å². The van der Waals surface area contributed by atoms with Gasteiger partial charge in [0.05, 0.1) is 0 Å². The normalized spacial score (nSPS) is 32.2. The van der Waals surface area contributed by atoms with E-state index in [4.69, 9.17) is 0 Å². The molecule has 0 bridgehead atoms. The molecule has 0 aliphatic carbocycles. The SMILES string of the molecule is CC1CN2C[C@H](Cc3ccccc3)NCC2C[C@@]1(C)c1cccc(O)c1. The third-order valence-corrected chi connectivity index (χ3v) is 6.70. The monoisotopic (exact) mass is 350 g/mol. The van der Waals surface area contributed by atoms with E-state index in [-0.39, 0.29) is 5.41 Å². The maximum Gasteiger partial charge on any atom is 0.115 e. The van der Waals surface area contributed by atoms with Crippen molar-refractivity contribution in [3.63, 3.8) is 0 Å². The van der Waals surface area contributed by atoms with E-state index < -0.39 is 0 Å². The van der Waals surface area contributed by atoms with Crippen LogP contribution in [0.3, 0.4) is 0 Å². The maximum atomic E-state index is 9.93. The van der Waals surface area contributed by atoms with Gasteiger partial charge in [-0.1, -0.05) is 56.3 Å². The lowest BCUT2D eigenvalue weighted by molar-refractivity contribution is 0.0245. The molecular formula is C23H30N2O. The van der Waals surface area contributed by atoms with Crippen LogP contribution < -0.4 is 5.32 Å². The van der Waals surface area contributed by atoms with Crippen LogP contribution in [0.5, 0.6) is 5.75 Å². The van der Waals surface area contributed by atoms with Crippen LogP contribution >= 0.6 is 0 Å². The fourth-order valence-corrected chi connectivity index (χ4v) is 4.90. The van der Waals surface area contributed by atoms with E-state index in [1.54, 1.807) is 6.07 Å². The molecule has 2 N–H and O–H groups in total. The molecule has 0 amide bonds. The Bertz CT molecular complexity index is 747. The van der Waals surface area contributed by atoms with Crippen molar-refractivity contribution < 1.29 is 5.11 Å². The van der Waals surface area contributed by atoms with Crippen LogP contribution in [-0.4, -0.2) is 41.7 Å². The van der Waals surface area contributed by atoms with E-state index in [2.05, 4.69) is 60.5 Å². The van der Waals surface area contributed by atoms with Gasteiger partial charge in [0, 0.05) is 31.7 Å². The first-order valence-corrected chi connectivity index (χ1v) is 9.85. The zero-order valence-corrected chi connectivity index (χ0v) is 15.9. The first-order chi connectivity index (χ1) is 12.5. The van der Waals surface area contributed by atoms with E-state index in [0.29, 0.717) is 23.8 Å². The van der Waals surface area contributed by atoms with Gasteiger partial charge in [-0.25, -0.2) is 0 Å². The Hall–Kier alpha value is -1.84. The van der Waals surface area contributed by atoms with Crippen LogP contribution in [0.4, 0.5) is 0 Å². The zero-order chi connectivity index (χ0) is 18.1. The average Bonchev–Trinajstić information content (AvgIpc) is 2.64. The summed E-state index contributed by atoms with van der Waals surface area (Å²) >= 11 is 0. The minimum Gasteiger partial charge on any atom is -0.508 e. The van der Waals surface area contributed by atoms with Crippen LogP contribution in [0, 0.1) is 5.92 Å². The molecule has 3 heteroatoms. The van der Waals surface area contributed by atoms with Gasteiger partial charge in [-0.2, -0.15) is 0 Å². The summed E-state index contributed by atoms with van der Waals surface area (Å²) in [6.07, 6.45) is 2.24. The van der Waals surface area contributed by atoms with Crippen molar-refractivity contribution in [3.05, 3.63) is 65.7 Å². The predicted octanol–water partition coefficient (Wildman–Crippen LogP) is 3.57. The second kappa shape index (κ2) is 7.05. The van der Waals surface area contributed by atoms with Gasteiger partial charge in [-0.15, -0.1) is 0 Å². The molecule has 26 heavy (non-hydrogen) atoms. The van der Waals surface area contributed by atoms with Crippen molar-refractivity contribution in [2.24, 2.45) is 5.92 Å². The molecule has 2 saturated heterocycles. The van der Waals surface area contributed by atoms with Crippen LogP contribution in [0.15, 0.2) is 54.6 Å². The molecule has 4 rings (SSSR count). The first-order valence-electron chi connectivity index (χ1n) is 9.85. The summed E-state index contributed by atoms with van der Waals surface area (Å²) < 4.78 is 0. The summed E-state index contributed by atoms with van der Waals surface area (Å²) in [4.78, 5) is 2.69. The van der Waals surface area contributed by atoms with Gasteiger partial charge < -0.3 is 10.4 Å². The number of rotatable bonds is 3. The zero-order valence-electron chi connectivity index (χ0n) is 15.9. The lowest BCUT2D eigenvalue weighted by atomic mass is 9.65. The Morgan fingerprint density at radius 3 is 2.69 bits per heavy atom. The Labute approximate surface area is 157 Å². The number of phenolic OH excluding ortho intramolecular Hbond substituents is 1. The molecule has 0 aromatic heterocycles. The van der Waals surface area contributed by atoms with Crippen LogP contribution in [0.25, 0.3) is 0 Å². The lowest BCUT2D eigenvalue weighted by Gasteiger charge is -2.53. The summed E-state index contributed by atoms with van der Waals surface area (Å²) in [6.45, 7) is 8.05. The van der Waals surface area contributed by atoms with Crippen LogP contribution in [-0.2, 0) is 11.8 Å². The van der Waals surface area contributed by atoms with E-state index >= 15 is 0 Å². The van der Waals surface area contributed by atoms with E-state index in [1.165, 1.54) is 11.1 Å². The molecule has 2 aromatic rings. The molecule has 2 aromatic carbocycles. The number of hydrogen-bond acceptors (Lipinski definition) is 3. The number of aromatic hydroxyl groups is 1. The molecule has 0 saturated carbocycles. The number of piperidine rings is 1. The summed E-state index contributed by atoms with van der Waals surface area (Å²) in [5.41, 5.74) is 2.81. The highest BCUT2D eigenvalue weighted by Crippen LogP contribution is 2.43. The Morgan fingerprint density at radius 2 is 1.92 bits per heavy atom. The summed E-state index contributed by atoms with van der Waals surface area (Å²) in [6, 6.07) is 19.8. The number of nitrogens with zero attached hydrogens (tertiary/aromatic N) is 1. The lowest BCUT2D eigenvalue weighted by Crippen LogP contribution is -2.63. The Morgan fingerprint density at radius 1 is 1.12 bits per heavy atom. The van der Waals surface area contributed by atoms with Crippen molar-refractivity contribution in [2.45, 2.75) is 44.2 Å². The number of nitrogens with one attached hydrogen (secondary N) is 1. The molecule has 2 aliphatic rings. The number of fused-ring (bicyclic) bond motifs is 1. The topological polar surface area (TPSA) is 35.5 Å². The molecular weight excluding hydrogens is 320 g/mol. The number of hydrogen-bond donors (Lipinski definition) is 2. The molecule has 2 fully saturated rings. The Kier molecular flexibility index (Phi) is 4.76. The number of benzene rings is 2. The Balaban J connectivity index is 1.46. The molecule has 4 atom stereocenters. The fraction of sp³-hybridized carbons (Fsp3) is 0.478. The molecule has 0 radical (unpaired) electrons. The molecule has 2 heterocycles. The molecule has 2 aliphatic heterocycles. The highest BCUT2D eigenvalue weighted by atomic mass is 16.3. The third kappa shape index (κ3) is 3.38. The third-order valence-electron chi connectivity index (χ3n) is 6.70. The molecule has 0 spiro atoms. The first kappa shape index (κ1) is 17.6. The molecule has 138 valence electrons. The van der Waals surface area contributed by atoms with Crippen molar-refractivity contribution in [2.75, 3.05) is 19.6 Å². The van der Waals surface area contributed by atoms with Crippen molar-refractivity contribution in [1.29, 1.82) is 0 Å². The van der Waals surface area contributed by atoms with Gasteiger partial charge in [-0.3, -0.25) is 4.90 Å². The highest BCUT2D eigenvalue weighted by Gasteiger charge is 2.44. The minimum atomic E-state index is 0.119. The van der Waals surface area contributed by atoms with Gasteiger partial charge >= 0.3 is 0 Å². The smallest absolute Gasteiger partial charge is 0.115 e. The standard InChI is InChI=1S/C23H30N2O/c1-17-15-25-16-20(11-18-7-4-3-5-8-18)24-14-21(25)13-23(17,2)19-9-6-10-22(26)12-19/h3-10,12,17,20-21,24,26H,11,13-16H2,1-2H3/t17?,20-,21?,23+/m0/s1. The largest absolute Gasteiger partial charge is 0.508 e. The van der Waals surface area contributed by atoms with E-state index in [9.17, 15) is 5.11 Å². The van der Waals surface area contributed by atoms with Crippen molar-refractivity contribution in [1.82, 2.24) is 10.2 Å². The number of phenols is 1. The summed E-state index contributed by atoms with van der Waals surface area (Å²) in [5, 5.41) is 13.7. The average molecular weight is 351 g/mol. The highest BCUT2D eigenvalue weighted by molar-refractivity contribution is 5.34. The second-order valence-corrected chi connectivity index (χ2v) is 8.48. The van der Waals surface area contributed by atoms with Gasteiger partial charge in [0.15, 0.2) is 0 Å². The van der Waals surface area contributed by atoms with E-state index in [1.807, 2.05) is 12.1 Å². The fourth-order valence-electron chi connectivity index (χ4n) is 4.90. The van der Waals surface area contributed by atoms with Gasteiger partial charge in [0.2, 0.25) is 0 Å².